The number of fused-ring (bicyclic) bond motifs is 1. The number of carbonyl (C=O) groups excluding carboxylic acids is 2. The van der Waals surface area contributed by atoms with E-state index in [-0.39, 0.29) is 12.1 Å². The predicted octanol–water partition coefficient (Wildman–Crippen LogP) is 4.09. The maximum absolute atomic E-state index is 12.8. The number of nitrogens with one attached hydrogen (secondary N) is 2. The second-order valence-corrected chi connectivity index (χ2v) is 6.55. The molecule has 4 rings (SSSR count). The summed E-state index contributed by atoms with van der Waals surface area (Å²) >= 11 is 0. The first kappa shape index (κ1) is 18.7. The van der Waals surface area contributed by atoms with Gasteiger partial charge in [0.1, 0.15) is 11.9 Å². The van der Waals surface area contributed by atoms with Gasteiger partial charge in [-0.2, -0.15) is 18.3 Å². The minimum atomic E-state index is -4.51. The molecule has 6 nitrogen and oxygen atoms in total. The van der Waals surface area contributed by atoms with Crippen molar-refractivity contribution in [1.82, 2.24) is 9.78 Å². The number of aromatic nitrogens is 2. The van der Waals surface area contributed by atoms with E-state index in [2.05, 4.69) is 15.7 Å². The lowest BCUT2D eigenvalue weighted by Crippen LogP contribution is -2.23. The molecule has 29 heavy (non-hydrogen) atoms. The molecular formula is C20H15F3N4O2. The van der Waals surface area contributed by atoms with Gasteiger partial charge < -0.3 is 10.6 Å². The fraction of sp³-hybridized carbons (Fsp3) is 0.150. The molecule has 148 valence electrons. The Morgan fingerprint density at radius 3 is 2.62 bits per heavy atom. The smallest absolute Gasteiger partial charge is 0.326 e. The third-order valence-corrected chi connectivity index (χ3v) is 4.57. The lowest BCUT2D eigenvalue weighted by molar-refractivity contribution is -0.137. The SMILES string of the molecule is O=C(CC1C(=O)Nc2c(-c3ccccc3)cnn21)Nc1cccc(C(F)(F)F)c1. The fourth-order valence-electron chi connectivity index (χ4n) is 3.20. The predicted molar refractivity (Wildman–Crippen MR) is 100 cm³/mol. The Hall–Kier alpha value is -3.62. The molecule has 1 aliphatic heterocycles. The van der Waals surface area contributed by atoms with Crippen LogP contribution in [0.3, 0.4) is 0 Å². The number of amides is 2. The molecule has 0 radical (unpaired) electrons. The molecule has 9 heteroatoms. The summed E-state index contributed by atoms with van der Waals surface area (Å²) in [7, 11) is 0. The van der Waals surface area contributed by atoms with Crippen LogP contribution in [0.2, 0.25) is 0 Å². The molecule has 1 aliphatic rings. The van der Waals surface area contributed by atoms with Crippen LogP contribution >= 0.6 is 0 Å². The third-order valence-electron chi connectivity index (χ3n) is 4.57. The van der Waals surface area contributed by atoms with Crippen LogP contribution in [-0.4, -0.2) is 21.6 Å². The van der Waals surface area contributed by atoms with E-state index in [1.165, 1.54) is 16.8 Å². The average Bonchev–Trinajstić information content (AvgIpc) is 3.22. The van der Waals surface area contributed by atoms with Crippen molar-refractivity contribution in [2.75, 3.05) is 10.6 Å². The Labute approximate surface area is 163 Å². The van der Waals surface area contributed by atoms with Crippen molar-refractivity contribution in [2.45, 2.75) is 18.6 Å². The van der Waals surface area contributed by atoms with Crippen molar-refractivity contribution in [3.05, 3.63) is 66.4 Å². The Morgan fingerprint density at radius 1 is 1.14 bits per heavy atom. The van der Waals surface area contributed by atoms with Crippen molar-refractivity contribution < 1.29 is 22.8 Å². The van der Waals surface area contributed by atoms with Gasteiger partial charge in [-0.15, -0.1) is 0 Å². The van der Waals surface area contributed by atoms with E-state index >= 15 is 0 Å². The van der Waals surface area contributed by atoms with Crippen LogP contribution in [-0.2, 0) is 15.8 Å². The maximum Gasteiger partial charge on any atom is 0.416 e. The molecule has 1 aromatic heterocycles. The molecule has 2 heterocycles. The van der Waals surface area contributed by atoms with Crippen LogP contribution < -0.4 is 10.6 Å². The summed E-state index contributed by atoms with van der Waals surface area (Å²) in [6.45, 7) is 0. The number of hydrogen-bond donors (Lipinski definition) is 2. The van der Waals surface area contributed by atoms with E-state index in [0.29, 0.717) is 5.82 Å². The molecule has 0 saturated heterocycles. The highest BCUT2D eigenvalue weighted by molar-refractivity contribution is 6.04. The van der Waals surface area contributed by atoms with Crippen LogP contribution in [0.15, 0.2) is 60.8 Å². The highest BCUT2D eigenvalue weighted by Gasteiger charge is 2.35. The molecule has 3 aromatic rings. The normalized spacial score (nSPS) is 15.7. The van der Waals surface area contributed by atoms with Gasteiger partial charge in [0.15, 0.2) is 0 Å². The standard InChI is InChI=1S/C20H15F3N4O2/c21-20(22,23)13-7-4-8-14(9-13)25-17(28)10-16-19(29)26-18-15(11-24-27(16)18)12-5-2-1-3-6-12/h1-9,11,16H,10H2,(H,25,28)(H,26,29). The number of benzene rings is 2. The highest BCUT2D eigenvalue weighted by Crippen LogP contribution is 2.36. The zero-order chi connectivity index (χ0) is 20.6. The molecule has 2 aromatic carbocycles. The van der Waals surface area contributed by atoms with Crippen molar-refractivity contribution in [2.24, 2.45) is 0 Å². The second-order valence-electron chi connectivity index (χ2n) is 6.55. The Morgan fingerprint density at radius 2 is 1.90 bits per heavy atom. The maximum atomic E-state index is 12.8. The molecule has 2 amide bonds. The molecule has 0 spiro atoms. The van der Waals surface area contributed by atoms with Crippen LogP contribution in [0.25, 0.3) is 11.1 Å². The van der Waals surface area contributed by atoms with Gasteiger partial charge in [0.25, 0.3) is 5.91 Å². The van der Waals surface area contributed by atoms with Crippen molar-refractivity contribution in [3.8, 4) is 11.1 Å². The number of anilines is 2. The number of nitrogens with zero attached hydrogens (tertiary/aromatic N) is 2. The van der Waals surface area contributed by atoms with Gasteiger partial charge in [-0.25, -0.2) is 4.68 Å². The number of halogens is 3. The summed E-state index contributed by atoms with van der Waals surface area (Å²) in [6, 6.07) is 12.8. The van der Waals surface area contributed by atoms with Crippen molar-refractivity contribution >= 4 is 23.3 Å². The lowest BCUT2D eigenvalue weighted by atomic mass is 10.1. The van der Waals surface area contributed by atoms with Crippen LogP contribution in [0.4, 0.5) is 24.7 Å². The van der Waals surface area contributed by atoms with E-state index < -0.39 is 29.6 Å². The summed E-state index contributed by atoms with van der Waals surface area (Å²) < 4.78 is 39.9. The van der Waals surface area contributed by atoms with Gasteiger partial charge in [0.2, 0.25) is 5.91 Å². The Balaban J connectivity index is 1.51. The highest BCUT2D eigenvalue weighted by atomic mass is 19.4. The van der Waals surface area contributed by atoms with Crippen LogP contribution in [0.5, 0.6) is 0 Å². The Bertz CT molecular complexity index is 1080. The Kier molecular flexibility index (Phi) is 4.57. The van der Waals surface area contributed by atoms with Gasteiger partial charge in [-0.05, 0) is 23.8 Å². The minimum Gasteiger partial charge on any atom is -0.326 e. The second kappa shape index (κ2) is 7.08. The zero-order valence-electron chi connectivity index (χ0n) is 14.9. The molecule has 2 N–H and O–H groups in total. The number of hydrogen-bond acceptors (Lipinski definition) is 3. The van der Waals surface area contributed by atoms with Crippen molar-refractivity contribution in [1.29, 1.82) is 0 Å². The first-order chi connectivity index (χ1) is 13.8. The van der Waals surface area contributed by atoms with E-state index in [1.807, 2.05) is 30.3 Å². The van der Waals surface area contributed by atoms with E-state index in [9.17, 15) is 22.8 Å². The zero-order valence-corrected chi connectivity index (χ0v) is 14.9. The van der Waals surface area contributed by atoms with E-state index in [0.717, 1.165) is 23.3 Å². The summed E-state index contributed by atoms with van der Waals surface area (Å²) in [5.41, 5.74) is 0.729. The van der Waals surface area contributed by atoms with Crippen LogP contribution in [0.1, 0.15) is 18.0 Å². The minimum absolute atomic E-state index is 0.00823. The average molecular weight is 400 g/mol. The number of rotatable bonds is 4. The number of alkyl halides is 3. The summed E-state index contributed by atoms with van der Waals surface area (Å²) in [6.07, 6.45) is -3.17. The molecule has 1 unspecified atom stereocenters. The first-order valence-electron chi connectivity index (χ1n) is 8.74. The largest absolute Gasteiger partial charge is 0.416 e. The van der Waals surface area contributed by atoms with Gasteiger partial charge >= 0.3 is 6.18 Å². The van der Waals surface area contributed by atoms with Crippen LogP contribution in [0, 0.1) is 0 Å². The molecule has 0 saturated carbocycles. The fourth-order valence-corrected chi connectivity index (χ4v) is 3.20. The molecule has 0 aliphatic carbocycles. The lowest BCUT2D eigenvalue weighted by Gasteiger charge is -2.12. The quantitative estimate of drug-likeness (QED) is 0.693. The summed E-state index contributed by atoms with van der Waals surface area (Å²) in [5, 5.41) is 9.35. The number of carbonyl (C=O) groups is 2. The van der Waals surface area contributed by atoms with Gasteiger partial charge in [-0.3, -0.25) is 9.59 Å². The summed E-state index contributed by atoms with van der Waals surface area (Å²) in [5.74, 6) is -0.503. The monoisotopic (exact) mass is 400 g/mol. The van der Waals surface area contributed by atoms with E-state index in [4.69, 9.17) is 0 Å². The molecular weight excluding hydrogens is 385 g/mol. The van der Waals surface area contributed by atoms with Gasteiger partial charge in [-0.1, -0.05) is 36.4 Å². The van der Waals surface area contributed by atoms with Gasteiger partial charge in [0, 0.05) is 11.3 Å². The molecule has 0 fully saturated rings. The van der Waals surface area contributed by atoms with E-state index in [1.54, 1.807) is 6.20 Å². The molecule has 0 bridgehead atoms. The summed E-state index contributed by atoms with van der Waals surface area (Å²) in [4.78, 5) is 24.7. The van der Waals surface area contributed by atoms with Gasteiger partial charge in [0.05, 0.1) is 18.2 Å². The topological polar surface area (TPSA) is 76.0 Å². The van der Waals surface area contributed by atoms with Crippen molar-refractivity contribution in [3.63, 3.8) is 0 Å². The third kappa shape index (κ3) is 3.71. The molecule has 1 atom stereocenters. The first-order valence-corrected chi connectivity index (χ1v) is 8.74.